The largest absolute Gasteiger partial charge is 0.366 e. The van der Waals surface area contributed by atoms with Crippen molar-refractivity contribution in [3.63, 3.8) is 0 Å². The van der Waals surface area contributed by atoms with Crippen LogP contribution in [0.5, 0.6) is 0 Å². The van der Waals surface area contributed by atoms with Crippen LogP contribution in [0.15, 0.2) is 10.7 Å². The fourth-order valence-corrected chi connectivity index (χ4v) is 1.92. The van der Waals surface area contributed by atoms with E-state index in [2.05, 4.69) is 38.1 Å². The van der Waals surface area contributed by atoms with Crippen LogP contribution in [0, 0.1) is 12.8 Å². The Kier molecular flexibility index (Phi) is 2.72. The van der Waals surface area contributed by atoms with Crippen molar-refractivity contribution in [1.82, 2.24) is 9.97 Å². The van der Waals surface area contributed by atoms with E-state index in [4.69, 9.17) is 0 Å². The zero-order valence-corrected chi connectivity index (χ0v) is 10.0. The van der Waals surface area contributed by atoms with E-state index in [0.717, 1.165) is 22.0 Å². The van der Waals surface area contributed by atoms with Crippen LogP contribution in [0.1, 0.15) is 25.6 Å². The van der Waals surface area contributed by atoms with Gasteiger partial charge in [0.15, 0.2) is 0 Å². The van der Waals surface area contributed by atoms with Crippen molar-refractivity contribution in [1.29, 1.82) is 0 Å². The lowest BCUT2D eigenvalue weighted by Gasteiger charge is -2.35. The summed E-state index contributed by atoms with van der Waals surface area (Å²) in [6, 6.07) is 0.584. The van der Waals surface area contributed by atoms with Gasteiger partial charge < -0.3 is 5.32 Å². The average molecular weight is 256 g/mol. The number of nitrogens with one attached hydrogen (secondary N) is 1. The van der Waals surface area contributed by atoms with Gasteiger partial charge in [0.1, 0.15) is 11.6 Å². The van der Waals surface area contributed by atoms with Gasteiger partial charge in [0.2, 0.25) is 0 Å². The molecule has 2 rings (SSSR count). The van der Waals surface area contributed by atoms with E-state index in [1.54, 1.807) is 6.20 Å². The Morgan fingerprint density at radius 2 is 2.29 bits per heavy atom. The van der Waals surface area contributed by atoms with Gasteiger partial charge in [0, 0.05) is 12.2 Å². The molecular formula is C10H14BrN3. The fourth-order valence-electron chi connectivity index (χ4n) is 1.61. The molecule has 0 aliphatic heterocycles. The number of nitrogens with zero attached hydrogens (tertiary/aromatic N) is 2. The second-order valence-corrected chi connectivity index (χ2v) is 4.77. The summed E-state index contributed by atoms with van der Waals surface area (Å²) in [6.07, 6.45) is 4.37. The molecule has 1 heterocycles. The first-order valence-corrected chi connectivity index (χ1v) is 5.72. The SMILES string of the molecule is Cc1ncc(Br)c(NC2CCC2C)n1. The van der Waals surface area contributed by atoms with Crippen LogP contribution < -0.4 is 5.32 Å². The first-order valence-electron chi connectivity index (χ1n) is 4.92. The van der Waals surface area contributed by atoms with Gasteiger partial charge >= 0.3 is 0 Å². The number of anilines is 1. The summed E-state index contributed by atoms with van der Waals surface area (Å²) in [6.45, 7) is 4.17. The Labute approximate surface area is 92.5 Å². The van der Waals surface area contributed by atoms with Crippen molar-refractivity contribution in [3.8, 4) is 0 Å². The minimum absolute atomic E-state index is 0.584. The highest BCUT2D eigenvalue weighted by Crippen LogP contribution is 2.31. The number of hydrogen-bond acceptors (Lipinski definition) is 3. The zero-order valence-electron chi connectivity index (χ0n) is 8.42. The molecule has 0 aromatic carbocycles. The number of hydrogen-bond donors (Lipinski definition) is 1. The molecule has 1 aromatic rings. The Hall–Kier alpha value is -0.640. The van der Waals surface area contributed by atoms with Crippen molar-refractivity contribution in [3.05, 3.63) is 16.5 Å². The molecule has 1 saturated carbocycles. The average Bonchev–Trinajstić information content (AvgIpc) is 2.17. The molecule has 0 amide bonds. The van der Waals surface area contributed by atoms with Crippen molar-refractivity contribution < 1.29 is 0 Å². The molecule has 1 aromatic heterocycles. The second kappa shape index (κ2) is 3.85. The standard InChI is InChI=1S/C10H14BrN3/c1-6-3-4-9(6)14-10-8(11)5-12-7(2)13-10/h5-6,9H,3-4H2,1-2H3,(H,12,13,14). The van der Waals surface area contributed by atoms with Crippen LogP contribution in [-0.2, 0) is 0 Å². The Bertz CT molecular complexity index is 340. The van der Waals surface area contributed by atoms with Crippen LogP contribution >= 0.6 is 15.9 Å². The molecule has 76 valence electrons. The molecule has 0 bridgehead atoms. The monoisotopic (exact) mass is 255 g/mol. The van der Waals surface area contributed by atoms with Crippen LogP contribution in [0.4, 0.5) is 5.82 Å². The quantitative estimate of drug-likeness (QED) is 0.884. The lowest BCUT2D eigenvalue weighted by atomic mass is 9.81. The Balaban J connectivity index is 2.11. The van der Waals surface area contributed by atoms with Crippen molar-refractivity contribution in [2.75, 3.05) is 5.32 Å². The normalized spacial score (nSPS) is 25.6. The Morgan fingerprint density at radius 3 is 2.86 bits per heavy atom. The molecule has 1 aliphatic rings. The van der Waals surface area contributed by atoms with Gasteiger partial charge in [-0.05, 0) is 41.6 Å². The highest BCUT2D eigenvalue weighted by molar-refractivity contribution is 9.10. The van der Waals surface area contributed by atoms with Crippen LogP contribution in [0.3, 0.4) is 0 Å². The number of rotatable bonds is 2. The highest BCUT2D eigenvalue weighted by atomic mass is 79.9. The second-order valence-electron chi connectivity index (χ2n) is 3.92. The predicted octanol–water partition coefficient (Wildman–Crippen LogP) is 2.76. The van der Waals surface area contributed by atoms with Gasteiger partial charge in [0.25, 0.3) is 0 Å². The number of halogens is 1. The summed E-state index contributed by atoms with van der Waals surface area (Å²) in [4.78, 5) is 8.47. The molecule has 3 nitrogen and oxygen atoms in total. The van der Waals surface area contributed by atoms with Crippen LogP contribution in [0.2, 0.25) is 0 Å². The maximum atomic E-state index is 4.36. The minimum atomic E-state index is 0.584. The van der Waals surface area contributed by atoms with Gasteiger partial charge in [-0.2, -0.15) is 0 Å². The third kappa shape index (κ3) is 1.90. The van der Waals surface area contributed by atoms with E-state index < -0.39 is 0 Å². The molecule has 2 unspecified atom stereocenters. The predicted molar refractivity (Wildman–Crippen MR) is 60.3 cm³/mol. The first kappa shape index (κ1) is 9.90. The highest BCUT2D eigenvalue weighted by Gasteiger charge is 2.27. The summed E-state index contributed by atoms with van der Waals surface area (Å²) >= 11 is 3.44. The first-order chi connectivity index (χ1) is 6.66. The molecule has 2 atom stereocenters. The van der Waals surface area contributed by atoms with Gasteiger partial charge in [-0.3, -0.25) is 0 Å². The van der Waals surface area contributed by atoms with E-state index in [9.17, 15) is 0 Å². The smallest absolute Gasteiger partial charge is 0.144 e. The van der Waals surface area contributed by atoms with E-state index in [1.807, 2.05) is 6.92 Å². The molecular weight excluding hydrogens is 242 g/mol. The summed E-state index contributed by atoms with van der Waals surface area (Å²) in [5, 5.41) is 3.44. The summed E-state index contributed by atoms with van der Waals surface area (Å²) in [5.41, 5.74) is 0. The maximum absolute atomic E-state index is 4.36. The van der Waals surface area contributed by atoms with Gasteiger partial charge in [-0.15, -0.1) is 0 Å². The molecule has 4 heteroatoms. The molecule has 1 aliphatic carbocycles. The summed E-state index contributed by atoms with van der Waals surface area (Å²) in [7, 11) is 0. The van der Waals surface area contributed by atoms with Crippen molar-refractivity contribution in [2.45, 2.75) is 32.7 Å². The van der Waals surface area contributed by atoms with E-state index in [1.165, 1.54) is 12.8 Å². The Morgan fingerprint density at radius 1 is 1.50 bits per heavy atom. The van der Waals surface area contributed by atoms with E-state index in [0.29, 0.717) is 6.04 Å². The van der Waals surface area contributed by atoms with Gasteiger partial charge in [0.05, 0.1) is 4.47 Å². The minimum Gasteiger partial charge on any atom is -0.366 e. The maximum Gasteiger partial charge on any atom is 0.144 e. The molecule has 1 N–H and O–H groups in total. The molecule has 0 radical (unpaired) electrons. The molecule has 14 heavy (non-hydrogen) atoms. The van der Waals surface area contributed by atoms with Crippen molar-refractivity contribution in [2.24, 2.45) is 5.92 Å². The van der Waals surface area contributed by atoms with E-state index >= 15 is 0 Å². The lowest BCUT2D eigenvalue weighted by molar-refractivity contribution is 0.303. The van der Waals surface area contributed by atoms with Crippen molar-refractivity contribution >= 4 is 21.7 Å². The lowest BCUT2D eigenvalue weighted by Crippen LogP contribution is -2.36. The van der Waals surface area contributed by atoms with Gasteiger partial charge in [-0.25, -0.2) is 9.97 Å². The summed E-state index contributed by atoms with van der Waals surface area (Å²) in [5.74, 6) is 2.49. The van der Waals surface area contributed by atoms with Crippen LogP contribution in [-0.4, -0.2) is 16.0 Å². The third-order valence-electron chi connectivity index (χ3n) is 2.81. The van der Waals surface area contributed by atoms with E-state index in [-0.39, 0.29) is 0 Å². The summed E-state index contributed by atoms with van der Waals surface area (Å²) < 4.78 is 0.946. The fraction of sp³-hybridized carbons (Fsp3) is 0.600. The molecule has 0 spiro atoms. The number of aryl methyl sites for hydroxylation is 1. The topological polar surface area (TPSA) is 37.8 Å². The molecule has 0 saturated heterocycles. The van der Waals surface area contributed by atoms with Gasteiger partial charge in [-0.1, -0.05) is 6.92 Å². The third-order valence-corrected chi connectivity index (χ3v) is 3.39. The zero-order chi connectivity index (χ0) is 10.1. The number of aromatic nitrogens is 2. The van der Waals surface area contributed by atoms with Crippen LogP contribution in [0.25, 0.3) is 0 Å². The molecule has 1 fully saturated rings.